The first kappa shape index (κ1) is 15.8. The highest BCUT2D eigenvalue weighted by molar-refractivity contribution is 5.80. The summed E-state index contributed by atoms with van der Waals surface area (Å²) in [6.45, 7) is 6.29. The van der Waals surface area contributed by atoms with Crippen molar-refractivity contribution in [1.82, 2.24) is 5.32 Å². The molecule has 1 aromatic rings. The van der Waals surface area contributed by atoms with Crippen LogP contribution in [0.1, 0.15) is 43.7 Å². The van der Waals surface area contributed by atoms with Gasteiger partial charge in [-0.15, -0.1) is 0 Å². The number of rotatable bonds is 7. The van der Waals surface area contributed by atoms with Crippen LogP contribution in [0.3, 0.4) is 0 Å². The molecule has 0 atom stereocenters. The van der Waals surface area contributed by atoms with E-state index in [0.717, 1.165) is 31.6 Å². The van der Waals surface area contributed by atoms with Gasteiger partial charge in [0.2, 0.25) is 5.91 Å². The van der Waals surface area contributed by atoms with E-state index >= 15 is 0 Å². The molecule has 116 valence electrons. The van der Waals surface area contributed by atoms with Crippen molar-refractivity contribution in [2.24, 2.45) is 5.73 Å². The van der Waals surface area contributed by atoms with Crippen molar-refractivity contribution in [2.45, 2.75) is 52.1 Å². The Bertz CT molecular complexity index is 481. The summed E-state index contributed by atoms with van der Waals surface area (Å²) in [5, 5.41) is 3.39. The third-order valence-corrected chi connectivity index (χ3v) is 4.20. The molecule has 0 unspecified atom stereocenters. The molecule has 1 aliphatic rings. The molecule has 0 radical (unpaired) electrons. The maximum atomic E-state index is 11.5. The van der Waals surface area contributed by atoms with Crippen molar-refractivity contribution in [3.63, 3.8) is 0 Å². The number of aryl methyl sites for hydroxylation is 1. The van der Waals surface area contributed by atoms with Crippen LogP contribution < -0.4 is 16.0 Å². The van der Waals surface area contributed by atoms with Crippen LogP contribution in [0.2, 0.25) is 0 Å². The standard InChI is InChI=1S/C17H27N3O/c1-3-19-11-14-10-13(2)8-9-16(14)20(12-17(18)21)15-6-4-5-7-15/h8-10,15,19H,3-7,11-12H2,1-2H3,(H2,18,21). The second kappa shape index (κ2) is 7.46. The Balaban J connectivity index is 2.30. The molecule has 2 rings (SSSR count). The van der Waals surface area contributed by atoms with E-state index in [-0.39, 0.29) is 5.91 Å². The predicted molar refractivity (Wildman–Crippen MR) is 87.4 cm³/mol. The Morgan fingerprint density at radius 1 is 1.38 bits per heavy atom. The van der Waals surface area contributed by atoms with Gasteiger partial charge >= 0.3 is 0 Å². The molecule has 4 heteroatoms. The number of nitrogens with two attached hydrogens (primary N) is 1. The van der Waals surface area contributed by atoms with Crippen molar-refractivity contribution < 1.29 is 4.79 Å². The first-order valence-electron chi connectivity index (χ1n) is 7.97. The van der Waals surface area contributed by atoms with E-state index in [1.807, 2.05) is 0 Å². The van der Waals surface area contributed by atoms with Crippen molar-refractivity contribution in [1.29, 1.82) is 0 Å². The van der Waals surface area contributed by atoms with Crippen LogP contribution in [0.4, 0.5) is 5.69 Å². The zero-order chi connectivity index (χ0) is 15.2. The summed E-state index contributed by atoms with van der Waals surface area (Å²) in [6, 6.07) is 6.92. The largest absolute Gasteiger partial charge is 0.368 e. The molecule has 1 amide bonds. The summed E-state index contributed by atoms with van der Waals surface area (Å²) in [6.07, 6.45) is 4.80. The third-order valence-electron chi connectivity index (χ3n) is 4.20. The van der Waals surface area contributed by atoms with Crippen molar-refractivity contribution in [2.75, 3.05) is 18.0 Å². The Kier molecular flexibility index (Phi) is 5.62. The molecule has 4 nitrogen and oxygen atoms in total. The van der Waals surface area contributed by atoms with Crippen LogP contribution in [0.25, 0.3) is 0 Å². The van der Waals surface area contributed by atoms with Gasteiger partial charge in [-0.05, 0) is 37.9 Å². The van der Waals surface area contributed by atoms with Gasteiger partial charge in [-0.25, -0.2) is 0 Å². The Hall–Kier alpha value is -1.55. The molecule has 3 N–H and O–H groups in total. The van der Waals surface area contributed by atoms with Crippen molar-refractivity contribution in [3.8, 4) is 0 Å². The molecule has 1 aromatic carbocycles. The van der Waals surface area contributed by atoms with Crippen molar-refractivity contribution in [3.05, 3.63) is 29.3 Å². The van der Waals surface area contributed by atoms with Gasteiger partial charge in [0.1, 0.15) is 0 Å². The Morgan fingerprint density at radius 2 is 2.10 bits per heavy atom. The second-order valence-corrected chi connectivity index (χ2v) is 5.94. The smallest absolute Gasteiger partial charge is 0.236 e. The molecular formula is C17H27N3O. The second-order valence-electron chi connectivity index (χ2n) is 5.94. The molecular weight excluding hydrogens is 262 g/mol. The number of hydrogen-bond donors (Lipinski definition) is 2. The number of anilines is 1. The quantitative estimate of drug-likeness (QED) is 0.810. The molecule has 21 heavy (non-hydrogen) atoms. The van der Waals surface area contributed by atoms with E-state index < -0.39 is 0 Å². The fourth-order valence-electron chi connectivity index (χ4n) is 3.19. The van der Waals surface area contributed by atoms with Gasteiger partial charge in [0, 0.05) is 18.3 Å². The summed E-state index contributed by atoms with van der Waals surface area (Å²) in [5.41, 5.74) is 9.14. The van der Waals surface area contributed by atoms with Gasteiger partial charge in [-0.1, -0.05) is 37.5 Å². The number of hydrogen-bond acceptors (Lipinski definition) is 3. The van der Waals surface area contributed by atoms with Crippen LogP contribution in [0.5, 0.6) is 0 Å². The lowest BCUT2D eigenvalue weighted by molar-refractivity contribution is -0.116. The summed E-state index contributed by atoms with van der Waals surface area (Å²) in [4.78, 5) is 13.7. The lowest BCUT2D eigenvalue weighted by Gasteiger charge is -2.32. The lowest BCUT2D eigenvalue weighted by atomic mass is 10.1. The molecule has 1 saturated carbocycles. The van der Waals surface area contributed by atoms with Gasteiger partial charge in [0.05, 0.1) is 6.54 Å². The maximum absolute atomic E-state index is 11.5. The van der Waals surface area contributed by atoms with Gasteiger partial charge in [0.15, 0.2) is 0 Å². The number of benzene rings is 1. The van der Waals surface area contributed by atoms with Crippen LogP contribution in [-0.4, -0.2) is 25.0 Å². The third kappa shape index (κ3) is 4.21. The van der Waals surface area contributed by atoms with Crippen LogP contribution in [-0.2, 0) is 11.3 Å². The minimum Gasteiger partial charge on any atom is -0.368 e. The SMILES string of the molecule is CCNCc1cc(C)ccc1N(CC(N)=O)C1CCCC1. The summed E-state index contributed by atoms with van der Waals surface area (Å²) in [7, 11) is 0. The van der Waals surface area contributed by atoms with Gasteiger partial charge in [-0.3, -0.25) is 4.79 Å². The molecule has 0 bridgehead atoms. The van der Waals surface area contributed by atoms with E-state index in [2.05, 4.69) is 42.3 Å². The van der Waals surface area contributed by atoms with E-state index in [1.165, 1.54) is 24.0 Å². The zero-order valence-electron chi connectivity index (χ0n) is 13.2. The summed E-state index contributed by atoms with van der Waals surface area (Å²) >= 11 is 0. The number of nitrogens with one attached hydrogen (secondary N) is 1. The normalized spacial score (nSPS) is 15.3. The molecule has 0 aromatic heterocycles. The molecule has 0 saturated heterocycles. The number of nitrogens with zero attached hydrogens (tertiary/aromatic N) is 1. The summed E-state index contributed by atoms with van der Waals surface area (Å²) < 4.78 is 0. The molecule has 1 aliphatic carbocycles. The average molecular weight is 289 g/mol. The maximum Gasteiger partial charge on any atom is 0.236 e. The van der Waals surface area contributed by atoms with Crippen LogP contribution in [0.15, 0.2) is 18.2 Å². The molecule has 0 heterocycles. The lowest BCUT2D eigenvalue weighted by Crippen LogP contribution is -2.41. The zero-order valence-corrected chi connectivity index (χ0v) is 13.2. The van der Waals surface area contributed by atoms with Gasteiger partial charge in [-0.2, -0.15) is 0 Å². The highest BCUT2D eigenvalue weighted by Gasteiger charge is 2.25. The van der Waals surface area contributed by atoms with E-state index in [1.54, 1.807) is 0 Å². The van der Waals surface area contributed by atoms with Gasteiger partial charge in [0.25, 0.3) is 0 Å². The molecule has 1 fully saturated rings. The van der Waals surface area contributed by atoms with Crippen LogP contribution in [0, 0.1) is 6.92 Å². The van der Waals surface area contributed by atoms with E-state index in [9.17, 15) is 4.79 Å². The molecule has 0 aliphatic heterocycles. The van der Waals surface area contributed by atoms with Gasteiger partial charge < -0.3 is 16.0 Å². The number of primary amides is 1. The fourth-order valence-corrected chi connectivity index (χ4v) is 3.19. The number of amides is 1. The fraction of sp³-hybridized carbons (Fsp3) is 0.588. The van der Waals surface area contributed by atoms with E-state index in [4.69, 9.17) is 5.73 Å². The first-order valence-corrected chi connectivity index (χ1v) is 7.97. The monoisotopic (exact) mass is 289 g/mol. The highest BCUT2D eigenvalue weighted by Crippen LogP contribution is 2.31. The minimum absolute atomic E-state index is 0.253. The predicted octanol–water partition coefficient (Wildman–Crippen LogP) is 2.34. The minimum atomic E-state index is -0.253. The Morgan fingerprint density at radius 3 is 2.71 bits per heavy atom. The number of carbonyl (C=O) groups excluding carboxylic acids is 1. The van der Waals surface area contributed by atoms with E-state index in [0.29, 0.717) is 12.6 Å². The summed E-state index contributed by atoms with van der Waals surface area (Å²) in [5.74, 6) is -0.253. The average Bonchev–Trinajstić information content (AvgIpc) is 2.97. The number of carbonyl (C=O) groups is 1. The first-order chi connectivity index (χ1) is 10.1. The topological polar surface area (TPSA) is 58.4 Å². The van der Waals surface area contributed by atoms with Crippen molar-refractivity contribution >= 4 is 11.6 Å². The van der Waals surface area contributed by atoms with Crippen LogP contribution >= 0.6 is 0 Å². The Labute approximate surface area is 127 Å². The highest BCUT2D eigenvalue weighted by atomic mass is 16.1. The molecule has 0 spiro atoms.